The number of benzene rings is 8. The van der Waals surface area contributed by atoms with E-state index in [1.54, 1.807) is 0 Å². The molecule has 0 amide bonds. The van der Waals surface area contributed by atoms with Crippen molar-refractivity contribution in [3.8, 4) is 21.6 Å². The summed E-state index contributed by atoms with van der Waals surface area (Å²) in [5, 5.41) is 8.92. The molecule has 3 heterocycles. The fraction of sp³-hybridized carbons (Fsp3) is 0.0370. The predicted molar refractivity (Wildman–Crippen MR) is 250 cm³/mol. The minimum absolute atomic E-state index is 0.0741. The van der Waals surface area contributed by atoms with Crippen LogP contribution in [0.4, 0.5) is 22.1 Å². The summed E-state index contributed by atoms with van der Waals surface area (Å²) >= 11 is 3.75. The van der Waals surface area contributed by atoms with Gasteiger partial charge < -0.3 is 9.80 Å². The van der Waals surface area contributed by atoms with Crippen LogP contribution < -0.4 is 9.80 Å². The zero-order valence-corrected chi connectivity index (χ0v) is 33.1. The van der Waals surface area contributed by atoms with Crippen molar-refractivity contribution in [2.24, 2.45) is 0 Å². The monoisotopic (exact) mass is 776 g/mol. The van der Waals surface area contributed by atoms with E-state index in [2.05, 4.69) is 216 Å². The summed E-state index contributed by atoms with van der Waals surface area (Å²) in [6.45, 7) is 0. The fourth-order valence-electron chi connectivity index (χ4n) is 9.35. The number of nitrogens with zero attached hydrogens (tertiary/aromatic N) is 2. The van der Waals surface area contributed by atoms with Gasteiger partial charge in [-0.2, -0.15) is 0 Å². The second-order valence-electron chi connectivity index (χ2n) is 15.3. The molecule has 0 bridgehead atoms. The number of allylic oxidation sites excluding steroid dienone is 1. The lowest BCUT2D eigenvalue weighted by Gasteiger charge is -2.33. The first kappa shape index (κ1) is 33.4. The van der Waals surface area contributed by atoms with E-state index in [1.807, 2.05) is 22.7 Å². The molecule has 1 aliphatic heterocycles. The summed E-state index contributed by atoms with van der Waals surface area (Å²) in [5.74, 6) is 0.181. The van der Waals surface area contributed by atoms with E-state index in [4.69, 9.17) is 0 Å². The van der Waals surface area contributed by atoms with Crippen molar-refractivity contribution < 1.29 is 0 Å². The second-order valence-corrected chi connectivity index (χ2v) is 17.4. The van der Waals surface area contributed by atoms with Gasteiger partial charge in [-0.25, -0.2) is 0 Å². The number of anilines is 4. The maximum Gasteiger partial charge on any atom is 0.102 e. The number of thiophene rings is 2. The Bertz CT molecular complexity index is 3220. The van der Waals surface area contributed by atoms with Gasteiger partial charge in [-0.05, 0) is 104 Å². The van der Waals surface area contributed by atoms with Crippen molar-refractivity contribution in [2.75, 3.05) is 9.80 Å². The van der Waals surface area contributed by atoms with Gasteiger partial charge in [-0.3, -0.25) is 0 Å². The molecule has 12 rings (SSSR count). The number of hydrogen-bond donors (Lipinski definition) is 0. The molecule has 2 aliphatic rings. The van der Waals surface area contributed by atoms with Crippen LogP contribution in [0.1, 0.15) is 11.5 Å². The smallest absolute Gasteiger partial charge is 0.102 e. The van der Waals surface area contributed by atoms with Crippen LogP contribution in [0.3, 0.4) is 0 Å². The van der Waals surface area contributed by atoms with Crippen molar-refractivity contribution >= 4 is 86.5 Å². The van der Waals surface area contributed by atoms with Gasteiger partial charge in [0.25, 0.3) is 0 Å². The summed E-state index contributed by atoms with van der Waals surface area (Å²) in [6, 6.07) is 69.1. The van der Waals surface area contributed by atoms with Gasteiger partial charge in [0.15, 0.2) is 0 Å². The van der Waals surface area contributed by atoms with Crippen LogP contribution in [0.25, 0.3) is 63.3 Å². The van der Waals surface area contributed by atoms with Gasteiger partial charge in [-0.15, -0.1) is 22.7 Å². The maximum absolute atomic E-state index is 2.61. The van der Waals surface area contributed by atoms with Gasteiger partial charge >= 0.3 is 0 Å². The molecular formula is C54H36N2S2. The molecule has 58 heavy (non-hydrogen) atoms. The largest absolute Gasteiger partial charge is 0.333 e. The molecule has 0 fully saturated rings. The third-order valence-corrected chi connectivity index (χ3v) is 14.3. The van der Waals surface area contributed by atoms with E-state index in [9.17, 15) is 0 Å². The van der Waals surface area contributed by atoms with Crippen LogP contribution in [0.5, 0.6) is 0 Å². The Morgan fingerprint density at radius 3 is 1.88 bits per heavy atom. The quantitative estimate of drug-likeness (QED) is 0.155. The number of hydrogen-bond acceptors (Lipinski definition) is 4. The normalized spacial score (nSPS) is 15.9. The molecule has 0 saturated carbocycles. The molecule has 2 nitrogen and oxygen atoms in total. The Morgan fingerprint density at radius 1 is 0.483 bits per heavy atom. The lowest BCUT2D eigenvalue weighted by Crippen LogP contribution is -2.31. The summed E-state index contributed by atoms with van der Waals surface area (Å²) in [4.78, 5) is 6.42. The molecule has 1 aliphatic carbocycles. The van der Waals surface area contributed by atoms with E-state index in [0.29, 0.717) is 0 Å². The maximum atomic E-state index is 2.61. The molecule has 4 heteroatoms. The van der Waals surface area contributed by atoms with Crippen molar-refractivity contribution in [1.29, 1.82) is 0 Å². The van der Waals surface area contributed by atoms with Crippen LogP contribution >= 0.6 is 22.7 Å². The van der Waals surface area contributed by atoms with Crippen LogP contribution in [0.15, 0.2) is 212 Å². The highest BCUT2D eigenvalue weighted by atomic mass is 32.1. The summed E-state index contributed by atoms with van der Waals surface area (Å²) in [6.07, 6.45) is 7.40. The summed E-state index contributed by atoms with van der Waals surface area (Å²) < 4.78 is 2.62. The zero-order chi connectivity index (χ0) is 38.2. The Hall–Kier alpha value is -6.72. The summed E-state index contributed by atoms with van der Waals surface area (Å²) in [5.41, 5.74) is 9.98. The molecule has 8 aromatic carbocycles. The van der Waals surface area contributed by atoms with Gasteiger partial charge in [0.05, 0.1) is 11.7 Å². The van der Waals surface area contributed by atoms with Gasteiger partial charge in [0.1, 0.15) is 5.00 Å². The van der Waals surface area contributed by atoms with Gasteiger partial charge in [0, 0.05) is 42.7 Å². The molecule has 274 valence electrons. The van der Waals surface area contributed by atoms with Crippen LogP contribution in [-0.4, -0.2) is 6.04 Å². The number of para-hydroxylation sites is 1. The first-order valence-corrected chi connectivity index (χ1v) is 21.5. The van der Waals surface area contributed by atoms with Gasteiger partial charge in [0.2, 0.25) is 0 Å². The molecule has 2 aromatic heterocycles. The minimum Gasteiger partial charge on any atom is -0.333 e. The fourth-order valence-corrected chi connectivity index (χ4v) is 11.8. The zero-order valence-electron chi connectivity index (χ0n) is 31.5. The van der Waals surface area contributed by atoms with Crippen molar-refractivity contribution in [3.63, 3.8) is 0 Å². The molecule has 0 saturated heterocycles. The standard InChI is InChI=1S/C54H36N2S2/c1-4-14-35(15-5-1)38-25-24-36-26-27-41(31-39(36)30-38)55(52-34-51-50(58-52)33-49(57-51)37-16-6-2-7-17-37)42-28-29-47-48(32-42)56(40-18-8-3-9-19-40)54-46-23-13-11-21-44(46)43-20-10-12-22-45(43)53(47)54/h1-34,47-48H. The molecule has 10 aromatic rings. The van der Waals surface area contributed by atoms with Crippen LogP contribution in [0, 0.1) is 0 Å². The molecule has 0 N–H and O–H groups in total. The molecule has 0 spiro atoms. The first-order valence-electron chi connectivity index (χ1n) is 19.9. The molecule has 0 radical (unpaired) electrons. The Morgan fingerprint density at radius 2 is 1.12 bits per heavy atom. The highest BCUT2D eigenvalue weighted by Crippen LogP contribution is 2.55. The Balaban J connectivity index is 1.05. The lowest BCUT2D eigenvalue weighted by atomic mass is 9.85. The minimum atomic E-state index is 0.0741. The molecule has 2 unspecified atom stereocenters. The SMILES string of the molecule is C1=CC2c3c(c4ccccc4c4ccccc34)N(c3ccccc3)C2C=C1N(c1ccc2ccc(-c3ccccc3)cc2c1)c1cc2sc(-c3ccccc3)cc2s1. The molecular weight excluding hydrogens is 741 g/mol. The van der Waals surface area contributed by atoms with E-state index >= 15 is 0 Å². The van der Waals surface area contributed by atoms with Crippen LogP contribution in [0.2, 0.25) is 0 Å². The van der Waals surface area contributed by atoms with E-state index in [0.717, 1.165) is 5.69 Å². The van der Waals surface area contributed by atoms with Gasteiger partial charge in [-0.1, -0.05) is 152 Å². The highest BCUT2D eigenvalue weighted by Gasteiger charge is 2.41. The van der Waals surface area contributed by atoms with Crippen molar-refractivity contribution in [2.45, 2.75) is 12.0 Å². The van der Waals surface area contributed by atoms with Crippen molar-refractivity contribution in [1.82, 2.24) is 0 Å². The predicted octanol–water partition coefficient (Wildman–Crippen LogP) is 15.7. The van der Waals surface area contributed by atoms with E-state index < -0.39 is 0 Å². The molecule has 2 atom stereocenters. The topological polar surface area (TPSA) is 6.48 Å². The van der Waals surface area contributed by atoms with Crippen LogP contribution in [-0.2, 0) is 0 Å². The third kappa shape index (κ3) is 5.37. The Kier molecular flexibility index (Phi) is 7.75. The number of fused-ring (bicyclic) bond motifs is 10. The average Bonchev–Trinajstić information content (AvgIpc) is 3.98. The first-order chi connectivity index (χ1) is 28.7. The summed E-state index contributed by atoms with van der Waals surface area (Å²) in [7, 11) is 0. The highest BCUT2D eigenvalue weighted by molar-refractivity contribution is 7.31. The third-order valence-electron chi connectivity index (χ3n) is 12.0. The Labute approximate surface area is 345 Å². The van der Waals surface area contributed by atoms with E-state index in [-0.39, 0.29) is 12.0 Å². The average molecular weight is 777 g/mol. The second kappa shape index (κ2) is 13.5. The lowest BCUT2D eigenvalue weighted by molar-refractivity contribution is 0.738. The van der Waals surface area contributed by atoms with Crippen molar-refractivity contribution in [3.05, 3.63) is 218 Å². The van der Waals surface area contributed by atoms with E-state index in [1.165, 1.54) is 90.9 Å². The number of rotatable bonds is 6.